The maximum absolute atomic E-state index is 2.57. The van der Waals surface area contributed by atoms with Crippen molar-refractivity contribution in [3.63, 3.8) is 0 Å². The van der Waals surface area contributed by atoms with Crippen LogP contribution in [0.4, 0.5) is 0 Å². The monoisotopic (exact) mass is 301 g/mol. The lowest BCUT2D eigenvalue weighted by Crippen LogP contribution is -2.49. The molecule has 5 heteroatoms. The molecule has 3 aliphatic rings. The fourth-order valence-corrected chi connectivity index (χ4v) is 8.43. The van der Waals surface area contributed by atoms with Crippen molar-refractivity contribution < 1.29 is 0 Å². The van der Waals surface area contributed by atoms with Gasteiger partial charge in [-0.05, 0) is 18.8 Å². The molecule has 0 aromatic carbocycles. The Balaban J connectivity index is 1.70. The number of fused-ring (bicyclic) bond motifs is 2. The third-order valence-corrected chi connectivity index (χ3v) is 11.3. The molecule has 3 aliphatic heterocycles. The molecular formula is C15H28B3SSi. The molecule has 0 aliphatic carbocycles. The lowest BCUT2D eigenvalue weighted by atomic mass is 8.93. The normalized spacial score (nSPS) is 33.6. The van der Waals surface area contributed by atoms with Crippen LogP contribution in [0.1, 0.15) is 38.5 Å². The Morgan fingerprint density at radius 2 is 1.65 bits per heavy atom. The third kappa shape index (κ3) is 2.90. The van der Waals surface area contributed by atoms with Gasteiger partial charge in [0, 0.05) is 14.2 Å². The molecule has 3 heterocycles. The predicted molar refractivity (Wildman–Crippen MR) is 104 cm³/mol. The second kappa shape index (κ2) is 5.79. The van der Waals surface area contributed by atoms with Gasteiger partial charge < -0.3 is 0 Å². The molecular weight excluding hydrogens is 273 g/mol. The summed E-state index contributed by atoms with van der Waals surface area (Å²) in [5.74, 6) is 2.24. The van der Waals surface area contributed by atoms with Crippen LogP contribution in [0.2, 0.25) is 31.3 Å². The molecule has 2 saturated heterocycles. The van der Waals surface area contributed by atoms with Crippen LogP contribution in [-0.4, -0.2) is 28.9 Å². The van der Waals surface area contributed by atoms with Crippen LogP contribution in [0.3, 0.4) is 0 Å². The van der Waals surface area contributed by atoms with E-state index in [0.29, 0.717) is 0 Å². The SMILES string of the molecule is BB([BH-]1C2CCCC1CCC2)C1=CC=C([Si](C)(C)C)[S+]1. The average molecular weight is 301 g/mol. The summed E-state index contributed by atoms with van der Waals surface area (Å²) in [7, 11) is 1.46. The molecule has 2 bridgehead atoms. The zero-order chi connectivity index (χ0) is 14.3. The van der Waals surface area contributed by atoms with E-state index < -0.39 is 8.07 Å². The largest absolute Gasteiger partial charge is 0.252 e. The van der Waals surface area contributed by atoms with E-state index in [1.54, 1.807) is 35.0 Å². The number of rotatable bonds is 3. The molecule has 20 heavy (non-hydrogen) atoms. The molecule has 3 rings (SSSR count). The van der Waals surface area contributed by atoms with E-state index in [9.17, 15) is 0 Å². The number of allylic oxidation sites excluding steroid dienone is 2. The highest BCUT2D eigenvalue weighted by atomic mass is 32.2. The summed E-state index contributed by atoms with van der Waals surface area (Å²) in [6.07, 6.45) is 14.2. The summed E-state index contributed by atoms with van der Waals surface area (Å²) >= 11 is 2.16. The number of thioether (sulfide) groups is 1. The minimum absolute atomic E-state index is 0.0461. The van der Waals surface area contributed by atoms with Crippen LogP contribution in [-0.2, 0) is 11.8 Å². The molecule has 0 spiro atoms. The van der Waals surface area contributed by atoms with E-state index in [-0.39, 0.29) is 6.60 Å². The Hall–Kier alpha value is 0.242. The van der Waals surface area contributed by atoms with Gasteiger partial charge >= 0.3 is 0 Å². The Morgan fingerprint density at radius 3 is 2.10 bits per heavy atom. The second-order valence-corrected chi connectivity index (χ2v) is 15.2. The van der Waals surface area contributed by atoms with Crippen molar-refractivity contribution in [3.05, 3.63) is 21.5 Å². The van der Waals surface area contributed by atoms with Gasteiger partial charge in [-0.3, -0.25) is 0 Å². The lowest BCUT2D eigenvalue weighted by Gasteiger charge is -2.50. The van der Waals surface area contributed by atoms with Crippen LogP contribution in [0.15, 0.2) is 21.5 Å². The molecule has 0 amide bonds. The molecule has 0 N–H and O–H groups in total. The van der Waals surface area contributed by atoms with E-state index in [1.807, 2.05) is 0 Å². The topological polar surface area (TPSA) is 0 Å². The van der Waals surface area contributed by atoms with Gasteiger partial charge in [-0.25, -0.2) is 0 Å². The van der Waals surface area contributed by atoms with Crippen molar-refractivity contribution in [2.45, 2.75) is 69.8 Å². The predicted octanol–water partition coefficient (Wildman–Crippen LogP) is 3.31. The van der Waals surface area contributed by atoms with Crippen molar-refractivity contribution >= 4 is 40.7 Å². The summed E-state index contributed by atoms with van der Waals surface area (Å²) in [6, 6.07) is 0. The summed E-state index contributed by atoms with van der Waals surface area (Å²) in [5, 5.41) is 0. The van der Waals surface area contributed by atoms with Crippen molar-refractivity contribution in [1.82, 2.24) is 0 Å². The molecule has 0 aromatic rings. The molecule has 0 aromatic heterocycles. The van der Waals surface area contributed by atoms with Gasteiger partial charge in [0.25, 0.3) is 11.8 Å². The van der Waals surface area contributed by atoms with Gasteiger partial charge in [0.15, 0.2) is 4.53 Å². The van der Waals surface area contributed by atoms with Crippen LogP contribution in [0.5, 0.6) is 0 Å². The molecule has 0 nitrogen and oxygen atoms in total. The van der Waals surface area contributed by atoms with Gasteiger partial charge in [0.1, 0.15) is 8.07 Å². The Kier molecular flexibility index (Phi) is 4.39. The Bertz CT molecular complexity index is 419. The highest BCUT2D eigenvalue weighted by Crippen LogP contribution is 2.47. The van der Waals surface area contributed by atoms with E-state index in [4.69, 9.17) is 0 Å². The first-order valence-corrected chi connectivity index (χ1v) is 13.1. The summed E-state index contributed by atoms with van der Waals surface area (Å²) in [6.45, 7) is 8.38. The highest BCUT2D eigenvalue weighted by Gasteiger charge is 2.42. The maximum atomic E-state index is 2.57. The van der Waals surface area contributed by atoms with Crippen molar-refractivity contribution in [1.29, 1.82) is 0 Å². The van der Waals surface area contributed by atoms with Crippen LogP contribution in [0.25, 0.3) is 0 Å². The first kappa shape index (κ1) is 15.1. The molecule has 0 saturated carbocycles. The first-order chi connectivity index (χ1) is 9.47. The van der Waals surface area contributed by atoms with Crippen molar-refractivity contribution in [3.8, 4) is 0 Å². The van der Waals surface area contributed by atoms with Crippen LogP contribution < -0.4 is 0 Å². The van der Waals surface area contributed by atoms with Gasteiger partial charge in [0.2, 0.25) is 0 Å². The van der Waals surface area contributed by atoms with E-state index in [0.717, 1.165) is 18.1 Å². The quantitative estimate of drug-likeness (QED) is 0.569. The fourth-order valence-electron chi connectivity index (χ4n) is 5.35. The minimum Gasteiger partial charge on any atom is -0.175 e. The summed E-state index contributed by atoms with van der Waals surface area (Å²) < 4.78 is 1.71. The van der Waals surface area contributed by atoms with E-state index >= 15 is 0 Å². The number of hydrogen-bond acceptors (Lipinski definition) is 1. The molecule has 107 valence electrons. The third-order valence-electron chi connectivity index (χ3n) is 6.34. The lowest BCUT2D eigenvalue weighted by molar-refractivity contribution is 0.450. The molecule has 0 unspecified atom stereocenters. The maximum Gasteiger partial charge on any atom is 0.252 e. The van der Waals surface area contributed by atoms with Crippen LogP contribution in [0, 0.1) is 0 Å². The number of hydrogen-bond donors (Lipinski definition) is 0. The van der Waals surface area contributed by atoms with Crippen molar-refractivity contribution in [2.75, 3.05) is 0 Å². The van der Waals surface area contributed by atoms with Gasteiger partial charge in [-0.1, -0.05) is 58.2 Å². The van der Waals surface area contributed by atoms with Gasteiger partial charge in [-0.2, -0.15) is 11.6 Å². The summed E-state index contributed by atoms with van der Waals surface area (Å²) in [4.78, 5) is 1.72. The molecule has 0 atom stereocenters. The zero-order valence-electron chi connectivity index (χ0n) is 13.7. The minimum atomic E-state index is -1.11. The average Bonchev–Trinajstić information content (AvgIpc) is 2.86. The Morgan fingerprint density at radius 1 is 1.10 bits per heavy atom. The van der Waals surface area contributed by atoms with Crippen LogP contribution >= 0.6 is 0 Å². The smallest absolute Gasteiger partial charge is 0.175 e. The first-order valence-electron chi connectivity index (χ1n) is 8.79. The zero-order valence-corrected chi connectivity index (χ0v) is 15.6. The standard InChI is InChI=1S/C15H28B3SSi/c1-20(2,3)15-11-10-14(19-15)18(16)17-12-6-4-7-13(17)9-5-8-12/h10-13,17H,4-9,16H2,1-3H3. The van der Waals surface area contributed by atoms with Gasteiger partial charge in [0.05, 0.1) is 4.80 Å². The van der Waals surface area contributed by atoms with E-state index in [1.165, 1.54) is 12.8 Å². The van der Waals surface area contributed by atoms with Crippen molar-refractivity contribution in [2.24, 2.45) is 0 Å². The van der Waals surface area contributed by atoms with E-state index in [2.05, 4.69) is 51.3 Å². The Labute approximate surface area is 132 Å². The molecule has 1 radical (unpaired) electrons. The highest BCUT2D eigenvalue weighted by molar-refractivity contribution is 7.94. The molecule has 2 fully saturated rings. The van der Waals surface area contributed by atoms with Gasteiger partial charge in [-0.15, -0.1) is 0 Å². The summed E-state index contributed by atoms with van der Waals surface area (Å²) in [5.41, 5.74) is 0. The fraction of sp³-hybridized carbons (Fsp3) is 0.733. The second-order valence-electron chi connectivity index (χ2n) is 8.65.